The van der Waals surface area contributed by atoms with Gasteiger partial charge in [-0.1, -0.05) is 0 Å². The molecule has 1 N–H and O–H groups in total. The van der Waals surface area contributed by atoms with Gasteiger partial charge >= 0.3 is 0 Å². The lowest BCUT2D eigenvalue weighted by Crippen LogP contribution is -2.52. The Morgan fingerprint density at radius 1 is 1.12 bits per heavy atom. The summed E-state index contributed by atoms with van der Waals surface area (Å²) in [6.45, 7) is 7.31. The molecule has 5 nitrogen and oxygen atoms in total. The Morgan fingerprint density at radius 3 is 2.18 bits per heavy atom. The molecule has 0 bridgehead atoms. The molecule has 2 atom stereocenters. The summed E-state index contributed by atoms with van der Waals surface area (Å²) in [7, 11) is 0. The number of piperazine rings is 1. The highest BCUT2D eigenvalue weighted by molar-refractivity contribution is 5.80. The lowest BCUT2D eigenvalue weighted by molar-refractivity contribution is -0.141. The molecule has 2 aliphatic heterocycles. The van der Waals surface area contributed by atoms with E-state index in [0.717, 1.165) is 13.0 Å². The molecule has 0 spiro atoms. The smallest absolute Gasteiger partial charge is 0.227 e. The van der Waals surface area contributed by atoms with Crippen molar-refractivity contribution in [3.63, 3.8) is 0 Å². The number of carbonyl (C=O) groups is 2. The van der Waals surface area contributed by atoms with Crippen molar-refractivity contribution in [3.8, 4) is 0 Å². The molecule has 2 saturated heterocycles. The molecule has 96 valence electrons. The van der Waals surface area contributed by atoms with Crippen molar-refractivity contribution in [1.82, 2.24) is 15.1 Å². The molecule has 2 amide bonds. The van der Waals surface area contributed by atoms with Crippen LogP contribution in [0.2, 0.25) is 0 Å². The van der Waals surface area contributed by atoms with E-state index in [9.17, 15) is 9.59 Å². The van der Waals surface area contributed by atoms with Gasteiger partial charge in [-0.2, -0.15) is 0 Å². The van der Waals surface area contributed by atoms with E-state index < -0.39 is 0 Å². The summed E-state index contributed by atoms with van der Waals surface area (Å²) >= 11 is 0. The summed E-state index contributed by atoms with van der Waals surface area (Å²) < 4.78 is 0. The fraction of sp³-hybridized carbons (Fsp3) is 0.833. The molecule has 2 unspecified atom stereocenters. The van der Waals surface area contributed by atoms with Crippen molar-refractivity contribution in [2.45, 2.75) is 26.3 Å². The summed E-state index contributed by atoms with van der Waals surface area (Å²) in [6, 6.07) is 0.285. The molecule has 0 aromatic carbocycles. The van der Waals surface area contributed by atoms with Crippen LogP contribution in [0.15, 0.2) is 0 Å². The van der Waals surface area contributed by atoms with Gasteiger partial charge in [0.05, 0.1) is 5.92 Å². The Labute approximate surface area is 102 Å². The highest BCUT2D eigenvalue weighted by Gasteiger charge is 2.33. The number of rotatable bonds is 1. The lowest BCUT2D eigenvalue weighted by atomic mass is 10.00. The maximum Gasteiger partial charge on any atom is 0.227 e. The average Bonchev–Trinajstić information content (AvgIpc) is 2.74. The first-order valence-electron chi connectivity index (χ1n) is 6.37. The van der Waals surface area contributed by atoms with Crippen LogP contribution in [0.25, 0.3) is 0 Å². The molecule has 2 aliphatic rings. The van der Waals surface area contributed by atoms with Crippen LogP contribution < -0.4 is 5.32 Å². The first kappa shape index (κ1) is 12.4. The topological polar surface area (TPSA) is 52.7 Å². The van der Waals surface area contributed by atoms with Crippen LogP contribution in [0.5, 0.6) is 0 Å². The van der Waals surface area contributed by atoms with Gasteiger partial charge in [0.25, 0.3) is 0 Å². The highest BCUT2D eigenvalue weighted by Crippen LogP contribution is 2.19. The van der Waals surface area contributed by atoms with E-state index >= 15 is 0 Å². The van der Waals surface area contributed by atoms with E-state index in [1.165, 1.54) is 0 Å². The Balaban J connectivity index is 1.88. The molecule has 5 heteroatoms. The summed E-state index contributed by atoms with van der Waals surface area (Å²) in [5.74, 6) is 0.484. The van der Waals surface area contributed by atoms with Gasteiger partial charge in [0.1, 0.15) is 0 Å². The monoisotopic (exact) mass is 239 g/mol. The summed E-state index contributed by atoms with van der Waals surface area (Å²) in [4.78, 5) is 27.2. The Hall–Kier alpha value is -1.10. The molecule has 2 heterocycles. The molecule has 0 aliphatic carbocycles. The predicted octanol–water partition coefficient (Wildman–Crippen LogP) is -0.325. The van der Waals surface area contributed by atoms with E-state index in [0.29, 0.717) is 26.2 Å². The van der Waals surface area contributed by atoms with Gasteiger partial charge in [-0.3, -0.25) is 9.59 Å². The maximum absolute atomic E-state index is 12.3. The summed E-state index contributed by atoms with van der Waals surface area (Å²) in [5.41, 5.74) is 0. The number of amides is 2. The molecule has 17 heavy (non-hydrogen) atoms. The van der Waals surface area contributed by atoms with Gasteiger partial charge in [0.15, 0.2) is 0 Å². The largest absolute Gasteiger partial charge is 0.339 e. The lowest BCUT2D eigenvalue weighted by Gasteiger charge is -2.36. The number of carbonyl (C=O) groups excluding carboxylic acids is 2. The van der Waals surface area contributed by atoms with Gasteiger partial charge in [0.2, 0.25) is 11.8 Å². The quantitative estimate of drug-likeness (QED) is 0.682. The number of nitrogens with zero attached hydrogens (tertiary/aromatic N) is 2. The van der Waals surface area contributed by atoms with Crippen LogP contribution in [0, 0.1) is 5.92 Å². The average molecular weight is 239 g/mol. The first-order valence-corrected chi connectivity index (χ1v) is 6.37. The third-order valence-electron chi connectivity index (χ3n) is 3.88. The minimum absolute atomic E-state index is 0.105. The van der Waals surface area contributed by atoms with Gasteiger partial charge < -0.3 is 15.1 Å². The highest BCUT2D eigenvalue weighted by atomic mass is 16.2. The minimum atomic E-state index is 0.105. The normalized spacial score (nSPS) is 29.5. The number of hydrogen-bond acceptors (Lipinski definition) is 3. The summed E-state index contributed by atoms with van der Waals surface area (Å²) in [5, 5.41) is 3.30. The fourth-order valence-electron chi connectivity index (χ4n) is 2.67. The van der Waals surface area contributed by atoms with E-state index in [1.807, 2.05) is 4.90 Å². The zero-order valence-electron chi connectivity index (χ0n) is 10.6. The van der Waals surface area contributed by atoms with Crippen LogP contribution in [0.4, 0.5) is 0 Å². The molecule has 0 aromatic heterocycles. The van der Waals surface area contributed by atoms with Crippen LogP contribution in [0.3, 0.4) is 0 Å². The van der Waals surface area contributed by atoms with Gasteiger partial charge in [-0.25, -0.2) is 0 Å². The van der Waals surface area contributed by atoms with Crippen molar-refractivity contribution < 1.29 is 9.59 Å². The van der Waals surface area contributed by atoms with Crippen molar-refractivity contribution in [1.29, 1.82) is 0 Å². The summed E-state index contributed by atoms with van der Waals surface area (Å²) in [6.07, 6.45) is 0.937. The third-order valence-corrected chi connectivity index (χ3v) is 3.88. The Kier molecular flexibility index (Phi) is 3.66. The predicted molar refractivity (Wildman–Crippen MR) is 64.4 cm³/mol. The maximum atomic E-state index is 12.3. The Bertz CT molecular complexity index is 311. The van der Waals surface area contributed by atoms with Crippen molar-refractivity contribution in [2.24, 2.45) is 5.92 Å². The van der Waals surface area contributed by atoms with E-state index in [2.05, 4.69) is 12.2 Å². The van der Waals surface area contributed by atoms with Gasteiger partial charge in [-0.05, 0) is 19.9 Å². The van der Waals surface area contributed by atoms with Crippen molar-refractivity contribution in [3.05, 3.63) is 0 Å². The molecule has 2 rings (SSSR count). The zero-order valence-corrected chi connectivity index (χ0v) is 10.6. The second-order valence-electron chi connectivity index (χ2n) is 4.97. The second kappa shape index (κ2) is 5.04. The van der Waals surface area contributed by atoms with Crippen LogP contribution in [-0.4, -0.2) is 60.4 Å². The molecular weight excluding hydrogens is 218 g/mol. The molecule has 0 saturated carbocycles. The first-order chi connectivity index (χ1) is 8.09. The SMILES string of the molecule is CC(=O)N1CCN(C(=O)C2CCNC2C)CC1. The van der Waals surface area contributed by atoms with E-state index in [1.54, 1.807) is 11.8 Å². The number of nitrogens with one attached hydrogen (secondary N) is 1. The van der Waals surface area contributed by atoms with Crippen molar-refractivity contribution in [2.75, 3.05) is 32.7 Å². The van der Waals surface area contributed by atoms with Gasteiger partial charge in [-0.15, -0.1) is 0 Å². The minimum Gasteiger partial charge on any atom is -0.339 e. The molecule has 2 fully saturated rings. The molecular formula is C12H21N3O2. The standard InChI is InChI=1S/C12H21N3O2/c1-9-11(3-4-13-9)12(17)15-7-5-14(6-8-15)10(2)16/h9,11,13H,3-8H2,1-2H3. The second-order valence-corrected chi connectivity index (χ2v) is 4.97. The Morgan fingerprint density at radius 2 is 1.71 bits per heavy atom. The third kappa shape index (κ3) is 2.60. The van der Waals surface area contributed by atoms with Gasteiger partial charge in [0, 0.05) is 39.1 Å². The zero-order chi connectivity index (χ0) is 12.4. The fourth-order valence-corrected chi connectivity index (χ4v) is 2.67. The van der Waals surface area contributed by atoms with Crippen LogP contribution in [-0.2, 0) is 9.59 Å². The van der Waals surface area contributed by atoms with Crippen LogP contribution >= 0.6 is 0 Å². The van der Waals surface area contributed by atoms with E-state index in [4.69, 9.17) is 0 Å². The molecule has 0 radical (unpaired) electrons. The van der Waals surface area contributed by atoms with Crippen molar-refractivity contribution >= 4 is 11.8 Å². The van der Waals surface area contributed by atoms with Crippen LogP contribution in [0.1, 0.15) is 20.3 Å². The molecule has 0 aromatic rings. The number of hydrogen-bond donors (Lipinski definition) is 1. The van der Waals surface area contributed by atoms with E-state index in [-0.39, 0.29) is 23.8 Å².